The standard InChI is InChI=1S/C19H20I2N2O3/c1-3-12(2)13-4-6-16(7-5-13)26-11-18(24)23-22-10-14-8-15(20)9-17(21)19(14)25/h4-10,12,25H,3,11H2,1-2H3,(H,23,24)/b22-10+/t12-/m0/s1. The highest BCUT2D eigenvalue weighted by molar-refractivity contribution is 14.1. The first-order valence-electron chi connectivity index (χ1n) is 8.13. The summed E-state index contributed by atoms with van der Waals surface area (Å²) < 4.78 is 7.17. The number of hydrogen-bond acceptors (Lipinski definition) is 4. The van der Waals surface area contributed by atoms with Crippen molar-refractivity contribution >= 4 is 57.3 Å². The molecule has 0 aliphatic heterocycles. The third-order valence-corrected chi connectivity index (χ3v) is 5.33. The van der Waals surface area contributed by atoms with E-state index in [2.05, 4.69) is 47.0 Å². The van der Waals surface area contributed by atoms with Crippen molar-refractivity contribution < 1.29 is 14.6 Å². The molecule has 0 heterocycles. The fourth-order valence-corrected chi connectivity index (χ4v) is 4.06. The third-order valence-electron chi connectivity index (χ3n) is 3.88. The molecule has 26 heavy (non-hydrogen) atoms. The Bertz CT molecular complexity index is 792. The number of amides is 1. The second kappa shape index (κ2) is 10.1. The van der Waals surface area contributed by atoms with Crippen LogP contribution in [0.1, 0.15) is 37.3 Å². The van der Waals surface area contributed by atoms with Gasteiger partial charge in [0.1, 0.15) is 11.5 Å². The molecule has 0 aliphatic carbocycles. The van der Waals surface area contributed by atoms with Crippen molar-refractivity contribution in [1.82, 2.24) is 5.43 Å². The van der Waals surface area contributed by atoms with E-state index in [4.69, 9.17) is 4.74 Å². The van der Waals surface area contributed by atoms with E-state index in [0.29, 0.717) is 17.2 Å². The van der Waals surface area contributed by atoms with Gasteiger partial charge in [-0.15, -0.1) is 0 Å². The van der Waals surface area contributed by atoms with Gasteiger partial charge in [0.05, 0.1) is 9.78 Å². The van der Waals surface area contributed by atoms with E-state index in [1.807, 2.05) is 52.9 Å². The van der Waals surface area contributed by atoms with Crippen LogP contribution in [0.2, 0.25) is 0 Å². The van der Waals surface area contributed by atoms with E-state index in [1.165, 1.54) is 11.8 Å². The second-order valence-electron chi connectivity index (χ2n) is 5.79. The maximum absolute atomic E-state index is 11.8. The van der Waals surface area contributed by atoms with Crippen LogP contribution in [0, 0.1) is 7.14 Å². The lowest BCUT2D eigenvalue weighted by Gasteiger charge is -2.10. The first kappa shape index (κ1) is 20.9. The van der Waals surface area contributed by atoms with Crippen LogP contribution in [0.25, 0.3) is 0 Å². The zero-order valence-corrected chi connectivity index (χ0v) is 18.8. The van der Waals surface area contributed by atoms with Gasteiger partial charge in [-0.3, -0.25) is 4.79 Å². The molecular formula is C19H20I2N2O3. The number of rotatable bonds is 7. The highest BCUT2D eigenvalue weighted by Crippen LogP contribution is 2.25. The maximum atomic E-state index is 11.8. The molecule has 2 rings (SSSR count). The SMILES string of the molecule is CC[C@H](C)c1ccc(OCC(=O)N/N=C/c2cc(I)cc(I)c2O)cc1. The topological polar surface area (TPSA) is 70.9 Å². The molecule has 1 atom stereocenters. The quantitative estimate of drug-likeness (QED) is 0.286. The minimum atomic E-state index is -0.368. The van der Waals surface area contributed by atoms with E-state index in [-0.39, 0.29) is 18.3 Å². The zero-order chi connectivity index (χ0) is 19.1. The Morgan fingerprint density at radius 2 is 2.00 bits per heavy atom. The van der Waals surface area contributed by atoms with Crippen molar-refractivity contribution in [3.8, 4) is 11.5 Å². The average Bonchev–Trinajstić information content (AvgIpc) is 2.63. The van der Waals surface area contributed by atoms with E-state index in [9.17, 15) is 9.90 Å². The molecule has 1 amide bonds. The number of ether oxygens (including phenoxy) is 1. The number of aromatic hydroxyl groups is 1. The number of nitrogens with zero attached hydrogens (tertiary/aromatic N) is 1. The number of hydrazone groups is 1. The van der Waals surface area contributed by atoms with Gasteiger partial charge in [0, 0.05) is 9.13 Å². The molecule has 0 spiro atoms. The summed E-state index contributed by atoms with van der Waals surface area (Å²) in [5, 5.41) is 13.9. The van der Waals surface area contributed by atoms with Crippen LogP contribution in [0.5, 0.6) is 11.5 Å². The fraction of sp³-hybridized carbons (Fsp3) is 0.263. The minimum Gasteiger partial charge on any atom is -0.506 e. The molecule has 0 bridgehead atoms. The molecule has 0 aliphatic rings. The molecule has 2 aromatic rings. The number of benzene rings is 2. The van der Waals surface area contributed by atoms with Gasteiger partial charge in [0.25, 0.3) is 5.91 Å². The first-order chi connectivity index (χ1) is 12.4. The fourth-order valence-electron chi connectivity index (χ4n) is 2.17. The molecule has 138 valence electrons. The molecule has 0 unspecified atom stereocenters. The lowest BCUT2D eigenvalue weighted by atomic mass is 9.99. The predicted molar refractivity (Wildman–Crippen MR) is 120 cm³/mol. The zero-order valence-electron chi connectivity index (χ0n) is 14.5. The summed E-state index contributed by atoms with van der Waals surface area (Å²) in [6, 6.07) is 11.4. The van der Waals surface area contributed by atoms with Crippen molar-refractivity contribution in [2.24, 2.45) is 5.10 Å². The van der Waals surface area contributed by atoms with E-state index >= 15 is 0 Å². The number of phenols is 1. The van der Waals surface area contributed by atoms with Crippen molar-refractivity contribution in [2.75, 3.05) is 6.61 Å². The molecule has 0 radical (unpaired) electrons. The Balaban J connectivity index is 1.86. The number of phenolic OH excluding ortho intramolecular Hbond substituents is 1. The van der Waals surface area contributed by atoms with Crippen LogP contribution >= 0.6 is 45.2 Å². The van der Waals surface area contributed by atoms with Crippen LogP contribution < -0.4 is 10.2 Å². The third kappa shape index (κ3) is 6.11. The summed E-state index contributed by atoms with van der Waals surface area (Å²) in [7, 11) is 0. The number of carbonyl (C=O) groups excluding carboxylic acids is 1. The molecule has 0 aromatic heterocycles. The van der Waals surface area contributed by atoms with E-state index < -0.39 is 0 Å². The second-order valence-corrected chi connectivity index (χ2v) is 8.19. The van der Waals surface area contributed by atoms with E-state index in [0.717, 1.165) is 13.6 Å². The van der Waals surface area contributed by atoms with Gasteiger partial charge in [-0.05, 0) is 87.3 Å². The van der Waals surface area contributed by atoms with Crippen molar-refractivity contribution in [3.05, 3.63) is 54.7 Å². The molecule has 0 saturated heterocycles. The Morgan fingerprint density at radius 1 is 1.31 bits per heavy atom. The van der Waals surface area contributed by atoms with Gasteiger partial charge in [-0.2, -0.15) is 5.10 Å². The van der Waals surface area contributed by atoms with Crippen molar-refractivity contribution in [2.45, 2.75) is 26.2 Å². The molecule has 2 aromatic carbocycles. The molecule has 7 heteroatoms. The van der Waals surface area contributed by atoms with Gasteiger partial charge < -0.3 is 9.84 Å². The summed E-state index contributed by atoms with van der Waals surface area (Å²) in [5.74, 6) is 0.914. The van der Waals surface area contributed by atoms with Gasteiger partial charge in [0.15, 0.2) is 6.61 Å². The normalized spacial score (nSPS) is 12.2. The van der Waals surface area contributed by atoms with Crippen LogP contribution in [0.3, 0.4) is 0 Å². The molecule has 2 N–H and O–H groups in total. The van der Waals surface area contributed by atoms with Gasteiger partial charge in [-0.25, -0.2) is 5.43 Å². The summed E-state index contributed by atoms with van der Waals surface area (Å²) in [5.41, 5.74) is 4.19. The van der Waals surface area contributed by atoms with Crippen molar-refractivity contribution in [3.63, 3.8) is 0 Å². The summed E-state index contributed by atoms with van der Waals surface area (Å²) >= 11 is 4.20. The highest BCUT2D eigenvalue weighted by atomic mass is 127. The molecular weight excluding hydrogens is 558 g/mol. The number of halogens is 2. The summed E-state index contributed by atoms with van der Waals surface area (Å²) in [6.07, 6.45) is 2.49. The lowest BCUT2D eigenvalue weighted by Crippen LogP contribution is -2.24. The minimum absolute atomic E-state index is 0.129. The molecule has 0 fully saturated rings. The van der Waals surface area contributed by atoms with Crippen LogP contribution in [-0.4, -0.2) is 23.8 Å². The van der Waals surface area contributed by atoms with Crippen LogP contribution in [0.15, 0.2) is 41.5 Å². The van der Waals surface area contributed by atoms with Crippen LogP contribution in [0.4, 0.5) is 0 Å². The summed E-state index contributed by atoms with van der Waals surface area (Å²) in [6.45, 7) is 4.20. The van der Waals surface area contributed by atoms with Gasteiger partial charge in [-0.1, -0.05) is 26.0 Å². The van der Waals surface area contributed by atoms with E-state index in [1.54, 1.807) is 6.07 Å². The van der Waals surface area contributed by atoms with Crippen molar-refractivity contribution in [1.29, 1.82) is 0 Å². The number of hydrogen-bond donors (Lipinski definition) is 2. The first-order valence-corrected chi connectivity index (χ1v) is 10.3. The van der Waals surface area contributed by atoms with Gasteiger partial charge in [0.2, 0.25) is 0 Å². The maximum Gasteiger partial charge on any atom is 0.277 e. The molecule has 0 saturated carbocycles. The Morgan fingerprint density at radius 3 is 2.65 bits per heavy atom. The monoisotopic (exact) mass is 578 g/mol. The lowest BCUT2D eigenvalue weighted by molar-refractivity contribution is -0.123. The summed E-state index contributed by atoms with van der Waals surface area (Å²) in [4.78, 5) is 11.8. The largest absolute Gasteiger partial charge is 0.506 e. The Kier molecular flexibility index (Phi) is 8.14. The Labute approximate surface area is 180 Å². The van der Waals surface area contributed by atoms with Gasteiger partial charge >= 0.3 is 0 Å². The highest BCUT2D eigenvalue weighted by Gasteiger charge is 2.07. The number of nitrogens with one attached hydrogen (secondary N) is 1. The Hall–Kier alpha value is -1.36. The van der Waals surface area contributed by atoms with Crippen LogP contribution in [-0.2, 0) is 4.79 Å². The number of carbonyl (C=O) groups is 1. The predicted octanol–water partition coefficient (Wildman–Crippen LogP) is 4.64. The average molecular weight is 578 g/mol. The molecule has 5 nitrogen and oxygen atoms in total. The smallest absolute Gasteiger partial charge is 0.277 e.